The summed E-state index contributed by atoms with van der Waals surface area (Å²) in [5, 5.41) is 13.6. The molecule has 0 fully saturated rings. The molecule has 4 rings (SSSR count). The molecule has 2 aliphatic carbocycles. The number of nitrogens with zero attached hydrogens (tertiary/aromatic N) is 2. The van der Waals surface area contributed by atoms with Crippen LogP contribution in [0.15, 0.2) is 42.5 Å². The Hall–Kier alpha value is -2.00. The molecule has 0 atom stereocenters. The van der Waals surface area contributed by atoms with Gasteiger partial charge in [0.2, 0.25) is 0 Å². The average molecular weight is 351 g/mol. The van der Waals surface area contributed by atoms with E-state index in [1.807, 2.05) is 0 Å². The first-order valence-electron chi connectivity index (χ1n) is 9.30. The Morgan fingerprint density at radius 3 is 2.12 bits per heavy atom. The molecule has 1 aromatic heterocycles. The second-order valence-corrected chi connectivity index (χ2v) is 7.49. The molecule has 2 aliphatic rings. The minimum atomic E-state index is 1.03. The molecule has 1 aromatic carbocycles. The zero-order valence-electron chi connectivity index (χ0n) is 15.4. The maximum absolute atomic E-state index is 4.23. The van der Waals surface area contributed by atoms with Gasteiger partial charge in [0.05, 0.1) is 0 Å². The van der Waals surface area contributed by atoms with Crippen molar-refractivity contribution >= 4 is 11.3 Å². The van der Waals surface area contributed by atoms with Crippen LogP contribution in [0.3, 0.4) is 0 Å². The maximum atomic E-state index is 4.23. The first-order chi connectivity index (χ1) is 12.2. The lowest BCUT2D eigenvalue weighted by Crippen LogP contribution is -1.95. The minimum Gasteiger partial charge on any atom is -0.143 e. The van der Waals surface area contributed by atoms with Gasteiger partial charge >= 0.3 is 0 Å². The Bertz CT molecular complexity index is 910. The molecule has 3 heteroatoms. The lowest BCUT2D eigenvalue weighted by molar-refractivity contribution is 0.879. The summed E-state index contributed by atoms with van der Waals surface area (Å²) in [4.78, 5) is 0. The lowest BCUT2D eigenvalue weighted by Gasteiger charge is -2.09. The smallest absolute Gasteiger partial charge is 0.143 e. The molecule has 0 unspecified atom stereocenters. The molecule has 0 saturated heterocycles. The van der Waals surface area contributed by atoms with E-state index < -0.39 is 0 Å². The van der Waals surface area contributed by atoms with E-state index in [0.717, 1.165) is 29.3 Å². The van der Waals surface area contributed by atoms with Crippen molar-refractivity contribution in [1.82, 2.24) is 10.2 Å². The first-order valence-corrected chi connectivity index (χ1v) is 10.1. The summed E-state index contributed by atoms with van der Waals surface area (Å²) >= 11 is 1.70. The van der Waals surface area contributed by atoms with Gasteiger partial charge < -0.3 is 0 Å². The van der Waals surface area contributed by atoms with Crippen LogP contribution in [-0.4, -0.2) is 10.2 Å². The quantitative estimate of drug-likeness (QED) is 0.429. The van der Waals surface area contributed by atoms with Gasteiger partial charge in [0.25, 0.3) is 0 Å². The van der Waals surface area contributed by atoms with Gasteiger partial charge in [0.1, 0.15) is 10.0 Å². The predicted octanol–water partition coefficient (Wildman–Crippen LogP) is 5.96. The molecule has 130 valence electrons. The van der Waals surface area contributed by atoms with E-state index >= 15 is 0 Å². The number of benzene rings is 2. The molecular weight excluding hydrogens is 324 g/mol. The number of hydrogen-bond donors (Lipinski definition) is 0. The van der Waals surface area contributed by atoms with Crippen molar-refractivity contribution in [3.63, 3.8) is 0 Å². The Balaban J connectivity index is 0.000000170. The fraction of sp³-hybridized carbons (Fsp3) is 0.364. The number of hydrogen-bond acceptors (Lipinski definition) is 3. The Labute approximate surface area is 154 Å². The molecule has 0 radical (unpaired) electrons. The normalized spacial score (nSPS) is 11.0. The van der Waals surface area contributed by atoms with Crippen molar-refractivity contribution in [3.8, 4) is 10.6 Å². The van der Waals surface area contributed by atoms with Crippen molar-refractivity contribution in [2.45, 2.75) is 52.9 Å². The average Bonchev–Trinajstić information content (AvgIpc) is 3.09. The summed E-state index contributed by atoms with van der Waals surface area (Å²) in [5.41, 5.74) is 4.11. The zero-order chi connectivity index (χ0) is 17.6. The summed E-state index contributed by atoms with van der Waals surface area (Å²) in [5.74, 6) is 0. The van der Waals surface area contributed by atoms with Crippen molar-refractivity contribution in [2.24, 2.45) is 0 Å². The number of aryl methyl sites for hydroxylation is 3. The summed E-state index contributed by atoms with van der Waals surface area (Å²) in [6, 6.07) is 15.3. The van der Waals surface area contributed by atoms with Gasteiger partial charge in [-0.2, -0.15) is 0 Å². The van der Waals surface area contributed by atoms with Crippen LogP contribution in [0.5, 0.6) is 0 Å². The Kier molecular flexibility index (Phi) is 5.98. The third-order valence-corrected chi connectivity index (χ3v) is 5.51. The molecule has 1 heterocycles. The fourth-order valence-electron chi connectivity index (χ4n) is 2.91. The topological polar surface area (TPSA) is 25.8 Å². The van der Waals surface area contributed by atoms with Crippen LogP contribution in [-0.2, 0) is 19.3 Å². The lowest BCUT2D eigenvalue weighted by atomic mass is 9.96. The van der Waals surface area contributed by atoms with Crippen LogP contribution in [0.2, 0.25) is 0 Å². The van der Waals surface area contributed by atoms with Gasteiger partial charge in [-0.1, -0.05) is 81.0 Å². The van der Waals surface area contributed by atoms with Crippen LogP contribution in [0, 0.1) is 10.4 Å². The van der Waals surface area contributed by atoms with E-state index in [-0.39, 0.29) is 0 Å². The van der Waals surface area contributed by atoms with Crippen molar-refractivity contribution in [1.29, 1.82) is 0 Å². The van der Waals surface area contributed by atoms with E-state index in [0.29, 0.717) is 0 Å². The summed E-state index contributed by atoms with van der Waals surface area (Å²) in [6.45, 7) is 6.55. The van der Waals surface area contributed by atoms with Crippen molar-refractivity contribution in [2.75, 3.05) is 0 Å². The van der Waals surface area contributed by atoms with Crippen LogP contribution in [0.25, 0.3) is 10.6 Å². The first kappa shape index (κ1) is 17.8. The fourth-order valence-corrected chi connectivity index (χ4v) is 3.86. The molecule has 0 saturated carbocycles. The highest BCUT2D eigenvalue weighted by Crippen LogP contribution is 2.24. The van der Waals surface area contributed by atoms with Crippen LogP contribution in [0.4, 0.5) is 0 Å². The number of rotatable bonds is 6. The standard InChI is InChI=1S/C13H16N2S.C9H10/c1-3-5-12-14-15-13(16-12)11-8-6-10(4-2)7-9-11;1-2-3-7-6-8-4-5-9(7)8/h6-9H,3-5H2,1-2H3;4-6H,2-3H2,1H3. The van der Waals surface area contributed by atoms with Crippen LogP contribution in [0.1, 0.15) is 49.7 Å². The van der Waals surface area contributed by atoms with E-state index in [1.54, 1.807) is 16.9 Å². The second kappa shape index (κ2) is 8.39. The summed E-state index contributed by atoms with van der Waals surface area (Å²) in [7, 11) is 0. The van der Waals surface area contributed by atoms with Crippen LogP contribution < -0.4 is 0 Å². The monoisotopic (exact) mass is 350 g/mol. The third kappa shape index (κ3) is 4.16. The minimum absolute atomic E-state index is 1.03. The van der Waals surface area contributed by atoms with E-state index in [1.165, 1.54) is 34.4 Å². The van der Waals surface area contributed by atoms with Gasteiger partial charge in [-0.25, -0.2) is 0 Å². The van der Waals surface area contributed by atoms with E-state index in [9.17, 15) is 0 Å². The van der Waals surface area contributed by atoms with Gasteiger partial charge in [0.15, 0.2) is 0 Å². The molecule has 0 aliphatic heterocycles. The molecule has 2 nitrogen and oxygen atoms in total. The Morgan fingerprint density at radius 1 is 0.840 bits per heavy atom. The van der Waals surface area contributed by atoms with Gasteiger partial charge in [-0.15, -0.1) is 10.2 Å². The molecule has 0 bridgehead atoms. The highest BCUT2D eigenvalue weighted by atomic mass is 32.1. The highest BCUT2D eigenvalue weighted by Gasteiger charge is 2.05. The predicted molar refractivity (Wildman–Crippen MR) is 107 cm³/mol. The molecule has 0 N–H and O–H groups in total. The molecular formula is C22H26N2S. The van der Waals surface area contributed by atoms with Crippen molar-refractivity contribution in [3.05, 3.63) is 69.0 Å². The van der Waals surface area contributed by atoms with Crippen LogP contribution >= 0.6 is 11.3 Å². The van der Waals surface area contributed by atoms with E-state index in [4.69, 9.17) is 0 Å². The molecule has 2 aromatic rings. The Morgan fingerprint density at radius 2 is 1.60 bits per heavy atom. The molecule has 0 spiro atoms. The number of aromatic nitrogens is 2. The van der Waals surface area contributed by atoms with Gasteiger partial charge in [0, 0.05) is 12.0 Å². The zero-order valence-corrected chi connectivity index (χ0v) is 16.2. The summed E-state index contributed by atoms with van der Waals surface area (Å²) < 4.78 is 0. The van der Waals surface area contributed by atoms with Gasteiger partial charge in [-0.3, -0.25) is 0 Å². The van der Waals surface area contributed by atoms with E-state index in [2.05, 4.69) is 73.4 Å². The SMILES string of the molecule is CCCc1cc2ccc1=2.CCCc1nnc(-c2ccc(CC)cc2)s1. The third-order valence-electron chi connectivity index (χ3n) is 4.48. The maximum Gasteiger partial charge on any atom is 0.147 e. The highest BCUT2D eigenvalue weighted by molar-refractivity contribution is 7.14. The second-order valence-electron chi connectivity index (χ2n) is 6.42. The molecule has 25 heavy (non-hydrogen) atoms. The summed E-state index contributed by atoms with van der Waals surface area (Å²) in [6.07, 6.45) is 5.78. The van der Waals surface area contributed by atoms with Gasteiger partial charge in [-0.05, 0) is 40.8 Å². The largest absolute Gasteiger partial charge is 0.147 e. The molecule has 0 amide bonds. The van der Waals surface area contributed by atoms with Crippen molar-refractivity contribution < 1.29 is 0 Å².